The topological polar surface area (TPSA) is 75.7 Å². The summed E-state index contributed by atoms with van der Waals surface area (Å²) in [5, 5.41) is 0. The van der Waals surface area contributed by atoms with Crippen LogP contribution in [0.15, 0.2) is 27.1 Å². The Balaban J connectivity index is 2.82. The minimum atomic E-state index is -3.75. The van der Waals surface area contributed by atoms with E-state index in [0.29, 0.717) is 14.6 Å². The number of hydrogen-bond donors (Lipinski definition) is 1. The zero-order valence-corrected chi connectivity index (χ0v) is 14.9. The Morgan fingerprint density at radius 2 is 1.90 bits per heavy atom. The lowest BCUT2D eigenvalue weighted by Gasteiger charge is -2.19. The van der Waals surface area contributed by atoms with Crippen molar-refractivity contribution < 1.29 is 17.9 Å². The standard InChI is InChI=1S/C11H14Br2N2O4S/c1-15(7-6-10(16)19-2)20(17,18)14-11-8(12)4-3-5-9(11)13/h3-5,14H,6-7H2,1-2H3. The van der Waals surface area contributed by atoms with Crippen molar-refractivity contribution >= 4 is 53.7 Å². The fourth-order valence-corrected chi connectivity index (χ4v) is 3.70. The highest BCUT2D eigenvalue weighted by atomic mass is 79.9. The number of ether oxygens (including phenoxy) is 1. The van der Waals surface area contributed by atoms with Crippen LogP contribution in [0.1, 0.15) is 6.42 Å². The summed E-state index contributed by atoms with van der Waals surface area (Å²) in [7, 11) is -1.10. The van der Waals surface area contributed by atoms with E-state index in [1.165, 1.54) is 14.2 Å². The van der Waals surface area contributed by atoms with Crippen molar-refractivity contribution in [3.05, 3.63) is 27.1 Å². The molecule has 0 amide bonds. The predicted molar refractivity (Wildman–Crippen MR) is 83.6 cm³/mol. The van der Waals surface area contributed by atoms with Gasteiger partial charge in [0.1, 0.15) is 0 Å². The summed E-state index contributed by atoms with van der Waals surface area (Å²) in [5.74, 6) is -0.464. The number of nitrogens with zero attached hydrogens (tertiary/aromatic N) is 1. The zero-order chi connectivity index (χ0) is 15.3. The predicted octanol–water partition coefficient (Wildman–Crippen LogP) is 2.36. The number of benzene rings is 1. The Morgan fingerprint density at radius 1 is 1.35 bits per heavy atom. The zero-order valence-electron chi connectivity index (χ0n) is 10.9. The molecule has 0 aromatic heterocycles. The van der Waals surface area contributed by atoms with Crippen molar-refractivity contribution in [3.8, 4) is 0 Å². The summed E-state index contributed by atoms with van der Waals surface area (Å²) in [6.45, 7) is 0.0318. The lowest BCUT2D eigenvalue weighted by molar-refractivity contribution is -0.140. The number of hydrogen-bond acceptors (Lipinski definition) is 4. The van der Waals surface area contributed by atoms with E-state index in [0.717, 1.165) is 4.31 Å². The van der Waals surface area contributed by atoms with E-state index in [4.69, 9.17) is 0 Å². The minimum absolute atomic E-state index is 0.00889. The Morgan fingerprint density at radius 3 is 2.40 bits per heavy atom. The first-order chi connectivity index (χ1) is 9.27. The molecule has 0 saturated heterocycles. The molecule has 20 heavy (non-hydrogen) atoms. The minimum Gasteiger partial charge on any atom is -0.469 e. The van der Waals surface area contributed by atoms with E-state index in [1.54, 1.807) is 18.2 Å². The van der Waals surface area contributed by atoms with Crippen LogP contribution in [0.25, 0.3) is 0 Å². The molecular weight excluding hydrogens is 416 g/mol. The van der Waals surface area contributed by atoms with E-state index >= 15 is 0 Å². The summed E-state index contributed by atoms with van der Waals surface area (Å²) in [6.07, 6.45) is -0.00889. The van der Waals surface area contributed by atoms with Gasteiger partial charge in [0.15, 0.2) is 0 Å². The lowest BCUT2D eigenvalue weighted by atomic mass is 10.3. The molecule has 0 aliphatic carbocycles. The molecule has 0 radical (unpaired) electrons. The van der Waals surface area contributed by atoms with Gasteiger partial charge < -0.3 is 4.74 Å². The molecule has 0 aliphatic heterocycles. The van der Waals surface area contributed by atoms with Gasteiger partial charge in [-0.15, -0.1) is 0 Å². The van der Waals surface area contributed by atoms with Crippen LogP contribution in [0, 0.1) is 0 Å². The highest BCUT2D eigenvalue weighted by Gasteiger charge is 2.20. The third kappa shape index (κ3) is 4.72. The van der Waals surface area contributed by atoms with Crippen LogP contribution in [0.3, 0.4) is 0 Å². The van der Waals surface area contributed by atoms with Gasteiger partial charge in [-0.25, -0.2) is 0 Å². The van der Waals surface area contributed by atoms with Gasteiger partial charge in [-0.05, 0) is 44.0 Å². The van der Waals surface area contributed by atoms with E-state index in [9.17, 15) is 13.2 Å². The molecule has 1 aromatic carbocycles. The first kappa shape index (κ1) is 17.4. The molecule has 0 unspecified atom stereocenters. The first-order valence-electron chi connectivity index (χ1n) is 5.53. The van der Waals surface area contributed by atoms with Gasteiger partial charge in [0.25, 0.3) is 0 Å². The van der Waals surface area contributed by atoms with Gasteiger partial charge in [0.05, 0.1) is 19.2 Å². The fourth-order valence-electron chi connectivity index (χ4n) is 1.27. The van der Waals surface area contributed by atoms with Crippen LogP contribution in [-0.2, 0) is 19.7 Å². The summed E-state index contributed by atoms with van der Waals surface area (Å²) < 4.78 is 33.4. The second kappa shape index (κ2) is 7.39. The molecule has 0 bridgehead atoms. The maximum Gasteiger partial charge on any atom is 0.306 e. The van der Waals surface area contributed by atoms with Gasteiger partial charge in [-0.2, -0.15) is 12.7 Å². The Hall–Kier alpha value is -0.640. The van der Waals surface area contributed by atoms with Crippen LogP contribution >= 0.6 is 31.9 Å². The van der Waals surface area contributed by atoms with Gasteiger partial charge in [-0.3, -0.25) is 9.52 Å². The van der Waals surface area contributed by atoms with Crippen LogP contribution in [-0.4, -0.2) is 39.4 Å². The Kier molecular flexibility index (Phi) is 6.44. The highest BCUT2D eigenvalue weighted by Crippen LogP contribution is 2.31. The van der Waals surface area contributed by atoms with Crippen LogP contribution in [0.2, 0.25) is 0 Å². The van der Waals surface area contributed by atoms with Gasteiger partial charge in [0.2, 0.25) is 0 Å². The molecule has 0 heterocycles. The smallest absolute Gasteiger partial charge is 0.306 e. The molecular formula is C11H14Br2N2O4S. The largest absolute Gasteiger partial charge is 0.469 e. The monoisotopic (exact) mass is 428 g/mol. The molecule has 0 aliphatic rings. The van der Waals surface area contributed by atoms with Gasteiger partial charge >= 0.3 is 16.2 Å². The second-order valence-corrected chi connectivity index (χ2v) is 7.34. The van der Waals surface area contributed by atoms with Gasteiger partial charge in [0, 0.05) is 22.5 Å². The fraction of sp³-hybridized carbons (Fsp3) is 0.364. The molecule has 0 saturated carbocycles. The number of carbonyl (C=O) groups excluding carboxylic acids is 1. The SMILES string of the molecule is COC(=O)CCN(C)S(=O)(=O)Nc1c(Br)cccc1Br. The van der Waals surface area contributed by atoms with E-state index in [2.05, 4.69) is 41.3 Å². The van der Waals surface area contributed by atoms with Gasteiger partial charge in [-0.1, -0.05) is 6.07 Å². The molecule has 1 aromatic rings. The number of halogens is 2. The number of anilines is 1. The summed E-state index contributed by atoms with van der Waals surface area (Å²) in [5.41, 5.74) is 0.400. The summed E-state index contributed by atoms with van der Waals surface area (Å²) in [6, 6.07) is 5.21. The number of carbonyl (C=O) groups is 1. The van der Waals surface area contributed by atoms with E-state index < -0.39 is 16.2 Å². The number of para-hydroxylation sites is 1. The number of rotatable bonds is 6. The number of methoxy groups -OCH3 is 1. The second-order valence-electron chi connectivity index (χ2n) is 3.85. The third-order valence-electron chi connectivity index (χ3n) is 2.46. The molecule has 0 atom stereocenters. The molecule has 112 valence electrons. The molecule has 0 spiro atoms. The van der Waals surface area contributed by atoms with Crippen LogP contribution in [0.4, 0.5) is 5.69 Å². The van der Waals surface area contributed by atoms with Crippen molar-refractivity contribution in [3.63, 3.8) is 0 Å². The molecule has 1 N–H and O–H groups in total. The normalized spacial score (nSPS) is 11.4. The average Bonchev–Trinajstić information content (AvgIpc) is 2.39. The lowest BCUT2D eigenvalue weighted by Crippen LogP contribution is -2.34. The summed E-state index contributed by atoms with van der Waals surface area (Å²) >= 11 is 6.55. The third-order valence-corrected chi connectivity index (χ3v) is 5.25. The summed E-state index contributed by atoms with van der Waals surface area (Å²) in [4.78, 5) is 11.0. The van der Waals surface area contributed by atoms with Crippen molar-refractivity contribution in [1.29, 1.82) is 0 Å². The molecule has 6 nitrogen and oxygen atoms in total. The van der Waals surface area contributed by atoms with E-state index in [-0.39, 0.29) is 13.0 Å². The average molecular weight is 430 g/mol. The van der Waals surface area contributed by atoms with Crippen molar-refractivity contribution in [2.45, 2.75) is 6.42 Å². The number of nitrogens with one attached hydrogen (secondary N) is 1. The molecule has 9 heteroatoms. The van der Waals surface area contributed by atoms with E-state index in [1.807, 2.05) is 0 Å². The highest BCUT2D eigenvalue weighted by molar-refractivity contribution is 9.11. The first-order valence-corrected chi connectivity index (χ1v) is 8.55. The van der Waals surface area contributed by atoms with Crippen molar-refractivity contribution in [2.75, 3.05) is 25.4 Å². The quantitative estimate of drug-likeness (QED) is 0.704. The maximum absolute atomic E-state index is 12.1. The Bertz CT molecular complexity index is 572. The molecule has 0 fully saturated rings. The van der Waals surface area contributed by atoms with Crippen molar-refractivity contribution in [1.82, 2.24) is 4.31 Å². The number of esters is 1. The Labute approximate surface area is 134 Å². The van der Waals surface area contributed by atoms with Crippen molar-refractivity contribution in [2.24, 2.45) is 0 Å². The van der Waals surface area contributed by atoms with Crippen LogP contribution in [0.5, 0.6) is 0 Å². The maximum atomic E-state index is 12.1. The molecule has 1 rings (SSSR count). The van der Waals surface area contributed by atoms with Crippen LogP contribution < -0.4 is 4.72 Å².